The molecule has 1 fully saturated rings. The molecule has 6 heteroatoms. The van der Waals surface area contributed by atoms with Crippen molar-refractivity contribution in [3.63, 3.8) is 0 Å². The van der Waals surface area contributed by atoms with E-state index in [1.165, 1.54) is 17.2 Å². The number of carbonyl (C=O) groups excluding carboxylic acids is 1. The number of carbonyl (C=O) groups is 1. The molecule has 1 amide bonds. The Hall–Kier alpha value is -2.31. The van der Waals surface area contributed by atoms with Crippen LogP contribution in [0.4, 0.5) is 14.5 Å². The SMILES string of the molecule is Cc1ccccc1CN1CCN(CC(=O)Nc2ccc(F)c(F)c2)CC1. The zero-order valence-corrected chi connectivity index (χ0v) is 14.8. The molecular weight excluding hydrogens is 336 g/mol. The minimum Gasteiger partial charge on any atom is -0.325 e. The molecule has 2 aromatic rings. The Morgan fingerprint density at radius 1 is 1.00 bits per heavy atom. The van der Waals surface area contributed by atoms with E-state index in [2.05, 4.69) is 40.2 Å². The number of amides is 1. The average molecular weight is 359 g/mol. The van der Waals surface area contributed by atoms with Gasteiger partial charge in [0.1, 0.15) is 0 Å². The van der Waals surface area contributed by atoms with Gasteiger partial charge in [0.2, 0.25) is 5.91 Å². The highest BCUT2D eigenvalue weighted by molar-refractivity contribution is 5.92. The maximum atomic E-state index is 13.2. The Morgan fingerprint density at radius 2 is 1.69 bits per heavy atom. The van der Waals surface area contributed by atoms with Gasteiger partial charge < -0.3 is 5.32 Å². The van der Waals surface area contributed by atoms with E-state index in [1.54, 1.807) is 0 Å². The Morgan fingerprint density at radius 3 is 2.38 bits per heavy atom. The quantitative estimate of drug-likeness (QED) is 0.891. The number of aryl methyl sites for hydroxylation is 1. The zero-order valence-electron chi connectivity index (χ0n) is 14.8. The second-order valence-electron chi connectivity index (χ2n) is 6.66. The molecule has 0 spiro atoms. The molecule has 0 unspecified atom stereocenters. The van der Waals surface area contributed by atoms with Crippen LogP contribution in [0.3, 0.4) is 0 Å². The van der Waals surface area contributed by atoms with Gasteiger partial charge in [0.05, 0.1) is 6.54 Å². The number of hydrogen-bond donors (Lipinski definition) is 1. The third kappa shape index (κ3) is 4.86. The summed E-state index contributed by atoms with van der Waals surface area (Å²) in [5.41, 5.74) is 2.89. The van der Waals surface area contributed by atoms with E-state index >= 15 is 0 Å². The maximum absolute atomic E-state index is 13.2. The molecule has 1 heterocycles. The van der Waals surface area contributed by atoms with Crippen molar-refractivity contribution in [3.05, 3.63) is 65.2 Å². The predicted molar refractivity (Wildman–Crippen MR) is 97.9 cm³/mol. The molecule has 1 saturated heterocycles. The van der Waals surface area contributed by atoms with Crippen LogP contribution in [0, 0.1) is 18.6 Å². The molecule has 0 aliphatic carbocycles. The summed E-state index contributed by atoms with van der Waals surface area (Å²) < 4.78 is 26.1. The Bertz CT molecular complexity index is 773. The van der Waals surface area contributed by atoms with Gasteiger partial charge in [-0.3, -0.25) is 14.6 Å². The van der Waals surface area contributed by atoms with Gasteiger partial charge in [-0.2, -0.15) is 0 Å². The van der Waals surface area contributed by atoms with Gasteiger partial charge in [-0.25, -0.2) is 8.78 Å². The van der Waals surface area contributed by atoms with Crippen molar-refractivity contribution >= 4 is 11.6 Å². The number of nitrogens with one attached hydrogen (secondary N) is 1. The number of piperazine rings is 1. The Labute approximate surface area is 152 Å². The van der Waals surface area contributed by atoms with E-state index in [0.29, 0.717) is 0 Å². The molecule has 1 N–H and O–H groups in total. The molecule has 0 radical (unpaired) electrons. The monoisotopic (exact) mass is 359 g/mol. The summed E-state index contributed by atoms with van der Waals surface area (Å²) >= 11 is 0. The lowest BCUT2D eigenvalue weighted by molar-refractivity contribution is -0.117. The number of benzene rings is 2. The molecule has 3 rings (SSSR count). The molecule has 1 aliphatic heterocycles. The van der Waals surface area contributed by atoms with Crippen LogP contribution in [0.25, 0.3) is 0 Å². The standard InChI is InChI=1S/C20H23F2N3O/c1-15-4-2-3-5-16(15)13-24-8-10-25(11-9-24)14-20(26)23-17-6-7-18(21)19(22)12-17/h2-7,12H,8-11,13-14H2,1H3,(H,23,26). The molecule has 0 bridgehead atoms. The molecule has 138 valence electrons. The van der Waals surface area contributed by atoms with E-state index in [4.69, 9.17) is 0 Å². The van der Waals surface area contributed by atoms with Crippen molar-refractivity contribution in [3.8, 4) is 0 Å². The molecule has 2 aromatic carbocycles. The van der Waals surface area contributed by atoms with Gasteiger partial charge in [0.15, 0.2) is 11.6 Å². The first-order valence-corrected chi connectivity index (χ1v) is 8.75. The van der Waals surface area contributed by atoms with Crippen molar-refractivity contribution in [2.75, 3.05) is 38.0 Å². The van der Waals surface area contributed by atoms with Gasteiger partial charge >= 0.3 is 0 Å². The number of halogens is 2. The normalized spacial score (nSPS) is 15.8. The van der Waals surface area contributed by atoms with E-state index in [-0.39, 0.29) is 18.1 Å². The zero-order chi connectivity index (χ0) is 18.5. The number of anilines is 1. The highest BCUT2D eigenvalue weighted by atomic mass is 19.2. The fourth-order valence-electron chi connectivity index (χ4n) is 3.11. The topological polar surface area (TPSA) is 35.6 Å². The van der Waals surface area contributed by atoms with E-state index in [9.17, 15) is 13.6 Å². The lowest BCUT2D eigenvalue weighted by Crippen LogP contribution is -2.48. The van der Waals surface area contributed by atoms with Crippen molar-refractivity contribution < 1.29 is 13.6 Å². The van der Waals surface area contributed by atoms with Gasteiger partial charge in [-0.05, 0) is 30.2 Å². The predicted octanol–water partition coefficient (Wildman–Crippen LogP) is 3.03. The van der Waals surface area contributed by atoms with Gasteiger partial charge in [-0.1, -0.05) is 24.3 Å². The van der Waals surface area contributed by atoms with Crippen molar-refractivity contribution in [2.45, 2.75) is 13.5 Å². The van der Waals surface area contributed by atoms with Crippen LogP contribution in [0.2, 0.25) is 0 Å². The number of rotatable bonds is 5. The van der Waals surface area contributed by atoms with Crippen LogP contribution in [0.1, 0.15) is 11.1 Å². The van der Waals surface area contributed by atoms with E-state index in [1.807, 2.05) is 6.07 Å². The molecular formula is C20H23F2N3O. The van der Waals surface area contributed by atoms with E-state index in [0.717, 1.165) is 44.9 Å². The number of nitrogens with zero attached hydrogens (tertiary/aromatic N) is 2. The van der Waals surface area contributed by atoms with Gasteiger partial charge in [-0.15, -0.1) is 0 Å². The average Bonchev–Trinajstić information content (AvgIpc) is 2.62. The highest BCUT2D eigenvalue weighted by Gasteiger charge is 2.19. The second kappa shape index (κ2) is 8.38. The summed E-state index contributed by atoms with van der Waals surface area (Å²) in [7, 11) is 0. The highest BCUT2D eigenvalue weighted by Crippen LogP contribution is 2.14. The fraction of sp³-hybridized carbons (Fsp3) is 0.350. The van der Waals surface area contributed by atoms with Crippen LogP contribution < -0.4 is 5.32 Å². The lowest BCUT2D eigenvalue weighted by atomic mass is 10.1. The summed E-state index contributed by atoms with van der Waals surface area (Å²) in [6.45, 7) is 6.68. The Kier molecular flexibility index (Phi) is 5.96. The van der Waals surface area contributed by atoms with Crippen molar-refractivity contribution in [1.29, 1.82) is 0 Å². The minimum atomic E-state index is -0.965. The van der Waals surface area contributed by atoms with Crippen molar-refractivity contribution in [1.82, 2.24) is 9.80 Å². The first-order chi connectivity index (χ1) is 12.5. The van der Waals surface area contributed by atoms with Crippen LogP contribution in [-0.4, -0.2) is 48.4 Å². The van der Waals surface area contributed by atoms with Gasteiger partial charge in [0.25, 0.3) is 0 Å². The summed E-state index contributed by atoms with van der Waals surface area (Å²) in [6.07, 6.45) is 0. The Balaban J connectivity index is 1.45. The second-order valence-corrected chi connectivity index (χ2v) is 6.66. The molecule has 1 aliphatic rings. The van der Waals surface area contributed by atoms with Gasteiger partial charge in [0, 0.05) is 44.5 Å². The van der Waals surface area contributed by atoms with Crippen LogP contribution in [-0.2, 0) is 11.3 Å². The molecule has 0 atom stereocenters. The largest absolute Gasteiger partial charge is 0.325 e. The van der Waals surface area contributed by atoms with E-state index < -0.39 is 11.6 Å². The fourth-order valence-corrected chi connectivity index (χ4v) is 3.11. The summed E-state index contributed by atoms with van der Waals surface area (Å²) in [5.74, 6) is -2.11. The van der Waals surface area contributed by atoms with Crippen molar-refractivity contribution in [2.24, 2.45) is 0 Å². The summed E-state index contributed by atoms with van der Waals surface area (Å²) in [6, 6.07) is 11.7. The molecule has 0 aromatic heterocycles. The lowest BCUT2D eigenvalue weighted by Gasteiger charge is -2.34. The maximum Gasteiger partial charge on any atom is 0.238 e. The van der Waals surface area contributed by atoms with Crippen LogP contribution in [0.15, 0.2) is 42.5 Å². The van der Waals surface area contributed by atoms with Crippen LogP contribution in [0.5, 0.6) is 0 Å². The first-order valence-electron chi connectivity index (χ1n) is 8.75. The minimum absolute atomic E-state index is 0.219. The molecule has 4 nitrogen and oxygen atoms in total. The molecule has 26 heavy (non-hydrogen) atoms. The third-order valence-electron chi connectivity index (χ3n) is 4.69. The first kappa shape index (κ1) is 18.5. The molecule has 0 saturated carbocycles. The summed E-state index contributed by atoms with van der Waals surface area (Å²) in [5, 5.41) is 2.61. The summed E-state index contributed by atoms with van der Waals surface area (Å²) in [4.78, 5) is 16.6. The third-order valence-corrected chi connectivity index (χ3v) is 4.69. The number of hydrogen-bond acceptors (Lipinski definition) is 3. The smallest absolute Gasteiger partial charge is 0.238 e. The van der Waals surface area contributed by atoms with Crippen LogP contribution >= 0.6 is 0 Å².